The van der Waals surface area contributed by atoms with Crippen molar-refractivity contribution in [1.29, 1.82) is 0 Å². The SMILES string of the molecule is O=C(CCCc1cccs1)Nc1cccc(C(=O)N2CCCC(c3nc4ccccc4o3)C2)c1. The Labute approximate surface area is 202 Å². The molecule has 7 heteroatoms. The monoisotopic (exact) mass is 473 g/mol. The van der Waals surface area contributed by atoms with Gasteiger partial charge in [-0.1, -0.05) is 24.3 Å². The largest absolute Gasteiger partial charge is 0.440 e. The summed E-state index contributed by atoms with van der Waals surface area (Å²) in [5.41, 5.74) is 2.86. The second-order valence-electron chi connectivity index (χ2n) is 8.67. The van der Waals surface area contributed by atoms with Crippen molar-refractivity contribution in [2.24, 2.45) is 0 Å². The molecule has 0 saturated carbocycles. The molecule has 0 aliphatic carbocycles. The van der Waals surface area contributed by atoms with Crippen LogP contribution in [0.5, 0.6) is 0 Å². The van der Waals surface area contributed by atoms with Gasteiger partial charge >= 0.3 is 0 Å². The molecule has 5 rings (SSSR count). The van der Waals surface area contributed by atoms with Crippen LogP contribution in [0.4, 0.5) is 5.69 Å². The number of nitrogens with zero attached hydrogens (tertiary/aromatic N) is 2. The second-order valence-corrected chi connectivity index (χ2v) is 9.70. The average Bonchev–Trinajstić information content (AvgIpc) is 3.54. The first kappa shape index (κ1) is 22.3. The highest BCUT2D eigenvalue weighted by molar-refractivity contribution is 7.09. The van der Waals surface area contributed by atoms with Crippen molar-refractivity contribution in [3.05, 3.63) is 82.4 Å². The lowest BCUT2D eigenvalue weighted by atomic mass is 9.97. The van der Waals surface area contributed by atoms with Gasteiger partial charge in [0.2, 0.25) is 5.91 Å². The minimum Gasteiger partial charge on any atom is -0.440 e. The number of carbonyl (C=O) groups is 2. The van der Waals surface area contributed by atoms with Gasteiger partial charge in [0.15, 0.2) is 11.5 Å². The minimum absolute atomic E-state index is 0.0323. The maximum Gasteiger partial charge on any atom is 0.253 e. The molecule has 1 N–H and O–H groups in total. The van der Waals surface area contributed by atoms with Gasteiger partial charge in [0, 0.05) is 35.6 Å². The smallest absolute Gasteiger partial charge is 0.253 e. The highest BCUT2D eigenvalue weighted by Gasteiger charge is 2.28. The summed E-state index contributed by atoms with van der Waals surface area (Å²) >= 11 is 1.71. The third kappa shape index (κ3) is 5.20. The van der Waals surface area contributed by atoms with Crippen molar-refractivity contribution in [2.75, 3.05) is 18.4 Å². The second kappa shape index (κ2) is 10.2. The fourth-order valence-corrected chi connectivity index (χ4v) is 5.19. The van der Waals surface area contributed by atoms with Crippen molar-refractivity contribution in [1.82, 2.24) is 9.88 Å². The Morgan fingerprint density at radius 2 is 2.03 bits per heavy atom. The number of fused-ring (bicyclic) bond motifs is 1. The quantitative estimate of drug-likeness (QED) is 0.364. The fraction of sp³-hybridized carbons (Fsp3) is 0.296. The van der Waals surface area contributed by atoms with Gasteiger partial charge in [0.05, 0.1) is 5.92 Å². The first-order chi connectivity index (χ1) is 16.7. The standard InChI is InChI=1S/C27H27N3O3S/c31-25(14-4-10-22-11-6-16-34-22)28-21-9-3-7-19(17-21)27(32)30-15-5-8-20(18-30)26-29-23-12-1-2-13-24(23)33-26/h1-3,6-7,9,11-13,16-17,20H,4-5,8,10,14-15,18H2,(H,28,31). The summed E-state index contributed by atoms with van der Waals surface area (Å²) < 4.78 is 5.96. The summed E-state index contributed by atoms with van der Waals surface area (Å²) in [6.07, 6.45) is 4.00. The molecule has 1 saturated heterocycles. The van der Waals surface area contributed by atoms with Gasteiger partial charge in [-0.2, -0.15) is 0 Å². The molecule has 174 valence electrons. The van der Waals surface area contributed by atoms with Gasteiger partial charge in [0.25, 0.3) is 5.91 Å². The lowest BCUT2D eigenvalue weighted by molar-refractivity contribution is -0.116. The minimum atomic E-state index is -0.0328. The number of carbonyl (C=O) groups excluding carboxylic acids is 2. The van der Waals surface area contributed by atoms with Crippen molar-refractivity contribution < 1.29 is 14.0 Å². The van der Waals surface area contributed by atoms with E-state index in [1.807, 2.05) is 47.4 Å². The molecule has 1 unspecified atom stereocenters. The molecule has 0 radical (unpaired) electrons. The maximum absolute atomic E-state index is 13.3. The molecule has 34 heavy (non-hydrogen) atoms. The van der Waals surface area contributed by atoms with Crippen LogP contribution in [-0.4, -0.2) is 34.8 Å². The van der Waals surface area contributed by atoms with Crippen molar-refractivity contribution in [2.45, 2.75) is 38.0 Å². The summed E-state index contributed by atoms with van der Waals surface area (Å²) in [5, 5.41) is 4.99. The lowest BCUT2D eigenvalue weighted by Crippen LogP contribution is -2.39. The number of aromatic nitrogens is 1. The normalized spacial score (nSPS) is 16.0. The Hall–Kier alpha value is -3.45. The van der Waals surface area contributed by atoms with E-state index in [0.717, 1.165) is 36.8 Å². The van der Waals surface area contributed by atoms with Crippen LogP contribution >= 0.6 is 11.3 Å². The van der Waals surface area contributed by atoms with Crippen LogP contribution in [0, 0.1) is 0 Å². The van der Waals surface area contributed by atoms with Crippen LogP contribution in [0.1, 0.15) is 52.7 Å². The molecule has 1 aliphatic heterocycles. The van der Waals surface area contributed by atoms with E-state index < -0.39 is 0 Å². The number of thiophene rings is 1. The molecule has 1 fully saturated rings. The zero-order valence-corrected chi connectivity index (χ0v) is 19.7. The molecule has 0 bridgehead atoms. The fourth-order valence-electron chi connectivity index (χ4n) is 4.44. The van der Waals surface area contributed by atoms with Crippen LogP contribution in [-0.2, 0) is 11.2 Å². The zero-order chi connectivity index (χ0) is 23.3. The molecule has 2 aromatic heterocycles. The molecule has 3 heterocycles. The number of likely N-dealkylation sites (tertiary alicyclic amines) is 1. The predicted octanol–water partition coefficient (Wildman–Crippen LogP) is 5.87. The summed E-state index contributed by atoms with van der Waals surface area (Å²) in [5.74, 6) is 0.711. The van der Waals surface area contributed by atoms with E-state index in [-0.39, 0.29) is 17.7 Å². The average molecular weight is 474 g/mol. The van der Waals surface area contributed by atoms with E-state index in [0.29, 0.717) is 36.7 Å². The molecule has 1 aliphatic rings. The van der Waals surface area contributed by atoms with Crippen molar-refractivity contribution >= 4 is 39.9 Å². The van der Waals surface area contributed by atoms with E-state index in [9.17, 15) is 9.59 Å². The topological polar surface area (TPSA) is 75.4 Å². The number of anilines is 1. The number of aryl methyl sites for hydroxylation is 1. The van der Waals surface area contributed by atoms with Gasteiger partial charge < -0.3 is 14.6 Å². The molecule has 0 spiro atoms. The molecule has 1 atom stereocenters. The first-order valence-electron chi connectivity index (χ1n) is 11.7. The number of nitrogens with one attached hydrogen (secondary N) is 1. The summed E-state index contributed by atoms with van der Waals surface area (Å²) in [6, 6.07) is 19.1. The number of hydrogen-bond donors (Lipinski definition) is 1. The maximum atomic E-state index is 13.3. The molecule has 2 amide bonds. The van der Waals surface area contributed by atoms with Gasteiger partial charge in [-0.3, -0.25) is 9.59 Å². The van der Waals surface area contributed by atoms with Gasteiger partial charge in [-0.05, 0) is 67.5 Å². The van der Waals surface area contributed by atoms with Crippen LogP contribution < -0.4 is 5.32 Å². The number of oxazole rings is 1. The Bertz CT molecular complexity index is 1250. The summed E-state index contributed by atoms with van der Waals surface area (Å²) in [4.78, 5) is 33.4. The number of amides is 2. The molecule has 4 aromatic rings. The predicted molar refractivity (Wildman–Crippen MR) is 134 cm³/mol. The van der Waals surface area contributed by atoms with Crippen molar-refractivity contribution in [3.8, 4) is 0 Å². The highest BCUT2D eigenvalue weighted by Crippen LogP contribution is 2.30. The van der Waals surface area contributed by atoms with Crippen LogP contribution in [0.2, 0.25) is 0 Å². The summed E-state index contributed by atoms with van der Waals surface area (Å²) in [6.45, 7) is 1.28. The first-order valence-corrected chi connectivity index (χ1v) is 12.6. The van der Waals surface area contributed by atoms with Crippen LogP contribution in [0.15, 0.2) is 70.5 Å². The number of rotatable bonds is 7. The van der Waals surface area contributed by atoms with E-state index >= 15 is 0 Å². The van der Waals surface area contributed by atoms with Gasteiger partial charge in [-0.25, -0.2) is 4.98 Å². The zero-order valence-electron chi connectivity index (χ0n) is 18.9. The van der Waals surface area contributed by atoms with Crippen LogP contribution in [0.3, 0.4) is 0 Å². The Morgan fingerprint density at radius 3 is 2.88 bits per heavy atom. The molecule has 6 nitrogen and oxygen atoms in total. The summed E-state index contributed by atoms with van der Waals surface area (Å²) in [7, 11) is 0. The van der Waals surface area contributed by atoms with E-state index in [4.69, 9.17) is 4.42 Å². The van der Waals surface area contributed by atoms with Gasteiger partial charge in [0.1, 0.15) is 5.52 Å². The Morgan fingerprint density at radius 1 is 1.12 bits per heavy atom. The lowest BCUT2D eigenvalue weighted by Gasteiger charge is -2.31. The number of benzene rings is 2. The molecule has 2 aromatic carbocycles. The number of piperidine rings is 1. The van der Waals surface area contributed by atoms with Gasteiger partial charge in [-0.15, -0.1) is 11.3 Å². The number of para-hydroxylation sites is 2. The van der Waals surface area contributed by atoms with Crippen LogP contribution in [0.25, 0.3) is 11.1 Å². The number of hydrogen-bond acceptors (Lipinski definition) is 5. The van der Waals surface area contributed by atoms with E-state index in [1.165, 1.54) is 4.88 Å². The highest BCUT2D eigenvalue weighted by atomic mass is 32.1. The van der Waals surface area contributed by atoms with E-state index in [1.54, 1.807) is 23.5 Å². The Balaban J connectivity index is 1.20. The Kier molecular flexibility index (Phi) is 6.72. The van der Waals surface area contributed by atoms with E-state index in [2.05, 4.69) is 21.7 Å². The third-order valence-electron chi connectivity index (χ3n) is 6.17. The van der Waals surface area contributed by atoms with Crippen molar-refractivity contribution in [3.63, 3.8) is 0 Å². The molecular formula is C27H27N3O3S. The molecular weight excluding hydrogens is 446 g/mol. The third-order valence-corrected chi connectivity index (χ3v) is 7.10.